The van der Waals surface area contributed by atoms with Gasteiger partial charge >= 0.3 is 5.97 Å². The van der Waals surface area contributed by atoms with E-state index in [-0.39, 0.29) is 30.3 Å². The van der Waals surface area contributed by atoms with E-state index in [0.717, 1.165) is 11.1 Å². The third-order valence-electron chi connectivity index (χ3n) is 5.96. The smallest absolute Gasteiger partial charge is 0.304 e. The molecule has 3 rings (SSSR count). The SMILES string of the molecule is CCC(COC)N1C(=O)C(CC(=O)O)C[C@H](c2cccc(Cl)c2)C1c1ccc(Cl)cc1. The van der Waals surface area contributed by atoms with E-state index < -0.39 is 11.9 Å². The number of benzene rings is 2. The number of carboxylic acid groups (broad SMARTS) is 1. The van der Waals surface area contributed by atoms with Crippen LogP contribution in [0.25, 0.3) is 0 Å². The number of rotatable bonds is 8. The fourth-order valence-electron chi connectivity index (χ4n) is 4.56. The van der Waals surface area contributed by atoms with Crippen molar-refractivity contribution < 1.29 is 19.4 Å². The van der Waals surface area contributed by atoms with Gasteiger partial charge in [0.2, 0.25) is 5.91 Å². The summed E-state index contributed by atoms with van der Waals surface area (Å²) in [7, 11) is 1.61. The maximum Gasteiger partial charge on any atom is 0.304 e. The van der Waals surface area contributed by atoms with Gasteiger partial charge in [0.1, 0.15) is 0 Å². The number of amides is 1. The quantitative estimate of drug-likeness (QED) is 0.555. The molecule has 4 atom stereocenters. The number of hydrogen-bond donors (Lipinski definition) is 1. The average molecular weight is 464 g/mol. The van der Waals surface area contributed by atoms with Crippen LogP contribution in [0, 0.1) is 5.92 Å². The second kappa shape index (κ2) is 10.5. The normalized spacial score (nSPS) is 22.4. The summed E-state index contributed by atoms with van der Waals surface area (Å²) < 4.78 is 5.42. The van der Waals surface area contributed by atoms with Gasteiger partial charge in [-0.15, -0.1) is 0 Å². The summed E-state index contributed by atoms with van der Waals surface area (Å²) in [5, 5.41) is 10.7. The Morgan fingerprint density at radius 1 is 1.16 bits per heavy atom. The Labute approximate surface area is 192 Å². The van der Waals surface area contributed by atoms with Gasteiger partial charge in [0.25, 0.3) is 0 Å². The summed E-state index contributed by atoms with van der Waals surface area (Å²) in [6, 6.07) is 14.6. The lowest BCUT2D eigenvalue weighted by Gasteiger charge is -2.48. The predicted octanol–water partition coefficient (Wildman–Crippen LogP) is 5.57. The number of aliphatic carboxylic acids is 1. The Kier molecular flexibility index (Phi) is 7.98. The van der Waals surface area contributed by atoms with Gasteiger partial charge in [-0.05, 0) is 48.2 Å². The molecule has 31 heavy (non-hydrogen) atoms. The lowest BCUT2D eigenvalue weighted by atomic mass is 9.74. The fourth-order valence-corrected chi connectivity index (χ4v) is 4.89. The lowest BCUT2D eigenvalue weighted by molar-refractivity contribution is -0.153. The van der Waals surface area contributed by atoms with Crippen LogP contribution in [0.5, 0.6) is 0 Å². The van der Waals surface area contributed by atoms with E-state index in [9.17, 15) is 14.7 Å². The van der Waals surface area contributed by atoms with E-state index in [2.05, 4.69) is 0 Å². The molecule has 1 saturated heterocycles. The Morgan fingerprint density at radius 2 is 1.87 bits per heavy atom. The van der Waals surface area contributed by atoms with Crippen molar-refractivity contribution >= 4 is 35.1 Å². The van der Waals surface area contributed by atoms with E-state index in [1.54, 1.807) is 7.11 Å². The van der Waals surface area contributed by atoms with E-state index >= 15 is 0 Å². The van der Waals surface area contributed by atoms with Crippen LogP contribution in [0.15, 0.2) is 48.5 Å². The first-order valence-electron chi connectivity index (χ1n) is 10.4. The molecule has 0 saturated carbocycles. The second-order valence-corrected chi connectivity index (χ2v) is 8.82. The molecule has 3 unspecified atom stereocenters. The summed E-state index contributed by atoms with van der Waals surface area (Å²) in [6.45, 7) is 2.37. The lowest BCUT2D eigenvalue weighted by Crippen LogP contribution is -2.53. The van der Waals surface area contributed by atoms with Crippen LogP contribution in [0.2, 0.25) is 10.0 Å². The first-order chi connectivity index (χ1) is 14.8. The van der Waals surface area contributed by atoms with Crippen molar-refractivity contribution in [2.24, 2.45) is 5.92 Å². The number of hydrogen-bond acceptors (Lipinski definition) is 3. The van der Waals surface area contributed by atoms with Gasteiger partial charge in [-0.3, -0.25) is 9.59 Å². The molecule has 7 heteroatoms. The fraction of sp³-hybridized carbons (Fsp3) is 0.417. The second-order valence-electron chi connectivity index (χ2n) is 7.95. The van der Waals surface area contributed by atoms with Crippen molar-refractivity contribution in [2.75, 3.05) is 13.7 Å². The highest BCUT2D eigenvalue weighted by Gasteiger charge is 2.46. The summed E-state index contributed by atoms with van der Waals surface area (Å²) >= 11 is 12.4. The van der Waals surface area contributed by atoms with E-state index in [4.69, 9.17) is 27.9 Å². The van der Waals surface area contributed by atoms with Crippen molar-refractivity contribution in [1.82, 2.24) is 4.90 Å². The highest BCUT2D eigenvalue weighted by atomic mass is 35.5. The van der Waals surface area contributed by atoms with Crippen molar-refractivity contribution in [1.29, 1.82) is 0 Å². The van der Waals surface area contributed by atoms with E-state index in [0.29, 0.717) is 29.5 Å². The zero-order valence-corrected chi connectivity index (χ0v) is 19.1. The molecule has 0 aliphatic carbocycles. The molecule has 0 aromatic heterocycles. The molecule has 2 aromatic rings. The Bertz CT molecular complexity index is 918. The van der Waals surface area contributed by atoms with Gasteiger partial charge in [-0.1, -0.05) is 54.4 Å². The number of methoxy groups -OCH3 is 1. The maximum absolute atomic E-state index is 13.6. The molecule has 1 N–H and O–H groups in total. The number of halogens is 2. The van der Waals surface area contributed by atoms with Crippen LogP contribution in [0.3, 0.4) is 0 Å². The molecule has 166 valence electrons. The number of piperidine rings is 1. The van der Waals surface area contributed by atoms with Crippen LogP contribution in [0.4, 0.5) is 0 Å². The number of likely N-dealkylation sites (tertiary alicyclic amines) is 1. The number of carbonyl (C=O) groups is 2. The van der Waals surface area contributed by atoms with Crippen LogP contribution >= 0.6 is 23.2 Å². The summed E-state index contributed by atoms with van der Waals surface area (Å²) in [5.41, 5.74) is 1.93. The minimum Gasteiger partial charge on any atom is -0.481 e. The minimum absolute atomic E-state index is 0.118. The summed E-state index contributed by atoms with van der Waals surface area (Å²) in [4.78, 5) is 27.0. The first-order valence-corrected chi connectivity index (χ1v) is 11.1. The summed E-state index contributed by atoms with van der Waals surface area (Å²) in [6.07, 6.45) is 0.910. The van der Waals surface area contributed by atoms with Crippen LogP contribution in [0.1, 0.15) is 49.3 Å². The number of carboxylic acids is 1. The predicted molar refractivity (Wildman–Crippen MR) is 122 cm³/mol. The van der Waals surface area contributed by atoms with Gasteiger partial charge < -0.3 is 14.7 Å². The molecule has 5 nitrogen and oxygen atoms in total. The summed E-state index contributed by atoms with van der Waals surface area (Å²) in [5.74, 6) is -1.86. The molecular weight excluding hydrogens is 437 g/mol. The molecule has 1 heterocycles. The largest absolute Gasteiger partial charge is 0.481 e. The van der Waals surface area contributed by atoms with Crippen LogP contribution in [-0.2, 0) is 14.3 Å². The molecule has 1 fully saturated rings. The third-order valence-corrected chi connectivity index (χ3v) is 6.44. The molecule has 1 amide bonds. The first kappa shape index (κ1) is 23.6. The van der Waals surface area contributed by atoms with Gasteiger partial charge in [-0.2, -0.15) is 0 Å². The van der Waals surface area contributed by atoms with Crippen molar-refractivity contribution in [3.05, 3.63) is 69.7 Å². The highest BCUT2D eigenvalue weighted by Crippen LogP contribution is 2.47. The van der Waals surface area contributed by atoms with Gasteiger partial charge in [-0.25, -0.2) is 0 Å². The van der Waals surface area contributed by atoms with Crippen LogP contribution < -0.4 is 0 Å². The van der Waals surface area contributed by atoms with Crippen molar-refractivity contribution in [2.45, 2.75) is 44.2 Å². The van der Waals surface area contributed by atoms with Crippen LogP contribution in [-0.4, -0.2) is 41.6 Å². The van der Waals surface area contributed by atoms with Gasteiger partial charge in [0, 0.05) is 29.0 Å². The third kappa shape index (κ3) is 5.40. The molecule has 2 aromatic carbocycles. The Balaban J connectivity index is 2.16. The van der Waals surface area contributed by atoms with E-state index in [1.807, 2.05) is 60.4 Å². The van der Waals surface area contributed by atoms with E-state index in [1.165, 1.54) is 0 Å². The minimum atomic E-state index is -0.979. The molecule has 1 aliphatic rings. The van der Waals surface area contributed by atoms with Crippen molar-refractivity contribution in [3.8, 4) is 0 Å². The molecule has 0 bridgehead atoms. The van der Waals surface area contributed by atoms with Crippen molar-refractivity contribution in [3.63, 3.8) is 0 Å². The highest BCUT2D eigenvalue weighted by molar-refractivity contribution is 6.30. The zero-order chi connectivity index (χ0) is 22.5. The maximum atomic E-state index is 13.6. The standard InChI is InChI=1S/C24H27Cl2NO4/c1-3-20(14-31-2)27-23(15-7-9-18(25)10-8-15)21(16-5-4-6-19(26)11-16)12-17(24(27)30)13-22(28)29/h4-11,17,20-21,23H,3,12-14H2,1-2H3,(H,28,29)/t17?,20?,21-,23?/m1/s1. The topological polar surface area (TPSA) is 66.8 Å². The molecular formula is C24H27Cl2NO4. The van der Waals surface area contributed by atoms with Gasteiger partial charge in [0.05, 0.1) is 25.1 Å². The monoisotopic (exact) mass is 463 g/mol. The van der Waals surface area contributed by atoms with Gasteiger partial charge in [0.15, 0.2) is 0 Å². The number of nitrogens with zero attached hydrogens (tertiary/aromatic N) is 1. The molecule has 1 aliphatic heterocycles. The average Bonchev–Trinajstić information content (AvgIpc) is 2.74. The Hall–Kier alpha value is -2.08. The number of carbonyl (C=O) groups excluding carboxylic acids is 1. The number of ether oxygens (including phenoxy) is 1. The molecule has 0 radical (unpaired) electrons. The zero-order valence-electron chi connectivity index (χ0n) is 17.6. The molecule has 0 spiro atoms. The Morgan fingerprint density at radius 3 is 2.45 bits per heavy atom.